The Balaban J connectivity index is 1.36. The maximum Gasteiger partial charge on any atom is 0.322 e. The van der Waals surface area contributed by atoms with E-state index in [9.17, 15) is 9.59 Å². The van der Waals surface area contributed by atoms with Gasteiger partial charge in [-0.3, -0.25) is 9.69 Å². The monoisotopic (exact) mass is 504 g/mol. The van der Waals surface area contributed by atoms with Gasteiger partial charge in [-0.2, -0.15) is 0 Å². The van der Waals surface area contributed by atoms with E-state index in [0.29, 0.717) is 0 Å². The molecule has 3 amide bonds. The number of aromatic nitrogens is 1. The van der Waals surface area contributed by atoms with Crippen LogP contribution in [-0.2, 0) is 4.79 Å². The molecule has 1 fully saturated rings. The lowest BCUT2D eigenvalue weighted by atomic mass is 9.96. The summed E-state index contributed by atoms with van der Waals surface area (Å²) in [6.45, 7) is 6.10. The maximum atomic E-state index is 14.3. The summed E-state index contributed by atoms with van der Waals surface area (Å²) in [5.74, 6) is -0.0981. The Labute approximate surface area is 223 Å². The number of nitrogens with zero attached hydrogens (tertiary/aromatic N) is 3. The van der Waals surface area contributed by atoms with E-state index in [1.165, 1.54) is 0 Å². The van der Waals surface area contributed by atoms with Crippen LogP contribution in [0.4, 0.5) is 16.2 Å². The summed E-state index contributed by atoms with van der Waals surface area (Å²) in [4.78, 5) is 31.4. The predicted octanol–water partition coefficient (Wildman–Crippen LogP) is 6.54. The smallest absolute Gasteiger partial charge is 0.316 e. The van der Waals surface area contributed by atoms with Gasteiger partial charge in [0.2, 0.25) is 5.91 Å². The molecule has 0 unspecified atom stereocenters. The molecule has 3 aromatic carbocycles. The summed E-state index contributed by atoms with van der Waals surface area (Å²) in [6.07, 6.45) is 3.87. The number of carbonyl (C=O) groups is 2. The van der Waals surface area contributed by atoms with Crippen molar-refractivity contribution in [1.29, 1.82) is 0 Å². The molecule has 0 radical (unpaired) electrons. The molecule has 0 spiro atoms. The molecule has 2 heterocycles. The standard InChI is InChI=1S/C32H32N4O2/c1-21-8-6-9-24(19-21)31-29-12-7-17-34(29)27-10-4-5-11-28(27)36(31)30(37)20-35(25-14-15-25)32(38)33-26-16-13-22(2)18-23(26)3/h4-13,16-19,25,31H,14-15,20H2,1-3H3,(H,33,38)/t31-/m0/s1. The zero-order valence-corrected chi connectivity index (χ0v) is 22.0. The molecular weight excluding hydrogens is 472 g/mol. The molecule has 6 rings (SSSR count). The second-order valence-corrected chi connectivity index (χ2v) is 10.5. The second kappa shape index (κ2) is 9.53. The summed E-state index contributed by atoms with van der Waals surface area (Å²) in [5.41, 5.74) is 7.94. The number of para-hydroxylation sites is 2. The van der Waals surface area contributed by atoms with Crippen molar-refractivity contribution < 1.29 is 9.59 Å². The quantitative estimate of drug-likeness (QED) is 0.336. The highest BCUT2D eigenvalue weighted by atomic mass is 16.2. The third-order valence-electron chi connectivity index (χ3n) is 7.52. The van der Waals surface area contributed by atoms with E-state index >= 15 is 0 Å². The lowest BCUT2D eigenvalue weighted by Gasteiger charge is -2.39. The lowest BCUT2D eigenvalue weighted by Crippen LogP contribution is -2.48. The highest BCUT2D eigenvalue weighted by Gasteiger charge is 2.40. The van der Waals surface area contributed by atoms with E-state index in [0.717, 1.165) is 57.9 Å². The van der Waals surface area contributed by atoms with Crippen LogP contribution in [0.3, 0.4) is 0 Å². The van der Waals surface area contributed by atoms with Gasteiger partial charge in [-0.25, -0.2) is 4.79 Å². The van der Waals surface area contributed by atoms with Crippen LogP contribution in [0, 0.1) is 20.8 Å². The fourth-order valence-electron chi connectivity index (χ4n) is 5.53. The Hall–Kier alpha value is -4.32. The van der Waals surface area contributed by atoms with Gasteiger partial charge in [-0.05, 0) is 75.1 Å². The molecule has 2 aliphatic rings. The number of hydrogen-bond acceptors (Lipinski definition) is 2. The zero-order chi connectivity index (χ0) is 26.4. The molecule has 0 saturated heterocycles. The molecule has 1 saturated carbocycles. The van der Waals surface area contributed by atoms with Crippen LogP contribution in [-0.4, -0.2) is 34.0 Å². The van der Waals surface area contributed by atoms with Crippen molar-refractivity contribution >= 4 is 23.3 Å². The first-order valence-corrected chi connectivity index (χ1v) is 13.2. The number of hydrogen-bond donors (Lipinski definition) is 1. The Bertz CT molecular complexity index is 1530. The summed E-state index contributed by atoms with van der Waals surface area (Å²) in [7, 11) is 0. The van der Waals surface area contributed by atoms with Crippen LogP contribution in [0.15, 0.2) is 85.1 Å². The number of carbonyl (C=O) groups excluding carboxylic acids is 2. The van der Waals surface area contributed by atoms with Crippen molar-refractivity contribution in [2.75, 3.05) is 16.8 Å². The molecule has 192 valence electrons. The predicted molar refractivity (Wildman–Crippen MR) is 151 cm³/mol. The summed E-state index contributed by atoms with van der Waals surface area (Å²) >= 11 is 0. The van der Waals surface area contributed by atoms with E-state index in [2.05, 4.69) is 47.1 Å². The first-order chi connectivity index (χ1) is 18.4. The number of aryl methyl sites for hydroxylation is 3. The SMILES string of the molecule is Cc1cccc([C@H]2c3cccn3-c3ccccc3N2C(=O)CN(C(=O)Nc2ccc(C)cc2C)C2CC2)c1. The van der Waals surface area contributed by atoms with Crippen molar-refractivity contribution in [1.82, 2.24) is 9.47 Å². The molecule has 1 aliphatic carbocycles. The first kappa shape index (κ1) is 24.0. The topological polar surface area (TPSA) is 57.6 Å². The largest absolute Gasteiger partial charge is 0.322 e. The third kappa shape index (κ3) is 4.36. The fourth-order valence-corrected chi connectivity index (χ4v) is 5.53. The maximum absolute atomic E-state index is 14.3. The number of benzene rings is 3. The number of fused-ring (bicyclic) bond motifs is 3. The minimum Gasteiger partial charge on any atom is -0.316 e. The summed E-state index contributed by atoms with van der Waals surface area (Å²) < 4.78 is 2.16. The van der Waals surface area contributed by atoms with Gasteiger partial charge in [-0.15, -0.1) is 0 Å². The lowest BCUT2D eigenvalue weighted by molar-refractivity contribution is -0.119. The number of amides is 3. The summed E-state index contributed by atoms with van der Waals surface area (Å²) in [6, 6.07) is 25.9. The minimum atomic E-state index is -0.296. The van der Waals surface area contributed by atoms with Gasteiger partial charge in [0.25, 0.3) is 0 Å². The Morgan fingerprint density at radius 2 is 1.63 bits per heavy atom. The molecule has 0 bridgehead atoms. The molecule has 1 aliphatic heterocycles. The average molecular weight is 505 g/mol. The van der Waals surface area contributed by atoms with Gasteiger partial charge in [0.15, 0.2) is 0 Å². The molecule has 6 heteroatoms. The van der Waals surface area contributed by atoms with Crippen molar-refractivity contribution in [3.63, 3.8) is 0 Å². The molecule has 38 heavy (non-hydrogen) atoms. The molecule has 1 aromatic heterocycles. The molecule has 1 atom stereocenters. The normalized spacial score (nSPS) is 16.0. The highest BCUT2D eigenvalue weighted by molar-refractivity contribution is 6.01. The molecule has 1 N–H and O–H groups in total. The van der Waals surface area contributed by atoms with Crippen molar-refractivity contribution in [2.24, 2.45) is 0 Å². The number of rotatable bonds is 5. The zero-order valence-electron chi connectivity index (χ0n) is 22.0. The van der Waals surface area contributed by atoms with Gasteiger partial charge in [0, 0.05) is 17.9 Å². The van der Waals surface area contributed by atoms with Gasteiger partial charge in [0.05, 0.1) is 17.1 Å². The third-order valence-corrected chi connectivity index (χ3v) is 7.52. The van der Waals surface area contributed by atoms with Crippen molar-refractivity contribution in [3.05, 3.63) is 113 Å². The highest BCUT2D eigenvalue weighted by Crippen LogP contribution is 2.42. The average Bonchev–Trinajstić information content (AvgIpc) is 3.63. The van der Waals surface area contributed by atoms with Crippen LogP contribution in [0.25, 0.3) is 5.69 Å². The van der Waals surface area contributed by atoms with Crippen molar-refractivity contribution in [2.45, 2.75) is 45.7 Å². The number of anilines is 2. The Kier molecular flexibility index (Phi) is 6.03. The Morgan fingerprint density at radius 1 is 0.868 bits per heavy atom. The van der Waals surface area contributed by atoms with Gasteiger partial charge >= 0.3 is 6.03 Å². The van der Waals surface area contributed by atoms with Gasteiger partial charge < -0.3 is 14.8 Å². The number of nitrogens with one attached hydrogen (secondary N) is 1. The summed E-state index contributed by atoms with van der Waals surface area (Å²) in [5, 5.41) is 3.06. The molecule has 6 nitrogen and oxygen atoms in total. The van der Waals surface area contributed by atoms with E-state index in [-0.39, 0.29) is 30.6 Å². The van der Waals surface area contributed by atoms with Crippen LogP contribution >= 0.6 is 0 Å². The van der Waals surface area contributed by atoms with E-state index in [1.54, 1.807) is 4.90 Å². The molecular formula is C32H32N4O2. The first-order valence-electron chi connectivity index (χ1n) is 13.2. The minimum absolute atomic E-state index is 0.0127. The van der Waals surface area contributed by atoms with E-state index in [4.69, 9.17) is 0 Å². The van der Waals surface area contributed by atoms with Crippen LogP contribution in [0.1, 0.15) is 46.8 Å². The second-order valence-electron chi connectivity index (χ2n) is 10.5. The van der Waals surface area contributed by atoms with Crippen molar-refractivity contribution in [3.8, 4) is 5.69 Å². The Morgan fingerprint density at radius 3 is 2.37 bits per heavy atom. The number of urea groups is 1. The van der Waals surface area contributed by atoms with E-state index in [1.807, 2.05) is 73.5 Å². The van der Waals surface area contributed by atoms with Crippen LogP contribution in [0.5, 0.6) is 0 Å². The van der Waals surface area contributed by atoms with Gasteiger partial charge in [0.1, 0.15) is 12.6 Å². The van der Waals surface area contributed by atoms with Crippen LogP contribution < -0.4 is 10.2 Å². The van der Waals surface area contributed by atoms with Crippen LogP contribution in [0.2, 0.25) is 0 Å². The van der Waals surface area contributed by atoms with Gasteiger partial charge in [-0.1, -0.05) is 59.7 Å². The van der Waals surface area contributed by atoms with E-state index < -0.39 is 0 Å². The fraction of sp³-hybridized carbons (Fsp3) is 0.250. The molecule has 4 aromatic rings.